The monoisotopic (exact) mass is 320 g/mol. The normalized spacial score (nSPS) is 9.93. The van der Waals surface area contributed by atoms with E-state index in [1.54, 1.807) is 19.2 Å². The van der Waals surface area contributed by atoms with Gasteiger partial charge in [-0.3, -0.25) is 9.78 Å². The third kappa shape index (κ3) is 2.78. The fraction of sp³-hybridized carbons (Fsp3) is 0.333. The minimum Gasteiger partial charge on any atom is -0.355 e. The van der Waals surface area contributed by atoms with Gasteiger partial charge in [0.05, 0.1) is 11.4 Å². The van der Waals surface area contributed by atoms with E-state index in [1.807, 2.05) is 0 Å². The van der Waals surface area contributed by atoms with Gasteiger partial charge < -0.3 is 5.32 Å². The lowest BCUT2D eigenvalue weighted by Crippen LogP contribution is -2.18. The van der Waals surface area contributed by atoms with E-state index >= 15 is 0 Å². The standard InChI is InChI=1S/C9H10Br2N2O/c1-12-9(14)6-2-7(4-10)13-8(3-6)5-11/h2-3H,4-5H2,1H3,(H,12,14). The van der Waals surface area contributed by atoms with Gasteiger partial charge in [-0.1, -0.05) is 31.9 Å². The van der Waals surface area contributed by atoms with Crippen LogP contribution in [-0.2, 0) is 10.7 Å². The molecule has 0 atom stereocenters. The Kier molecular flexibility index (Phi) is 4.54. The van der Waals surface area contributed by atoms with Crippen molar-refractivity contribution in [3.63, 3.8) is 0 Å². The molecule has 76 valence electrons. The summed E-state index contributed by atoms with van der Waals surface area (Å²) in [6.07, 6.45) is 0. The van der Waals surface area contributed by atoms with Crippen LogP contribution in [0.4, 0.5) is 0 Å². The summed E-state index contributed by atoms with van der Waals surface area (Å²) in [6.45, 7) is 0. The van der Waals surface area contributed by atoms with E-state index in [-0.39, 0.29) is 5.91 Å². The van der Waals surface area contributed by atoms with Crippen LogP contribution in [0.2, 0.25) is 0 Å². The second-order valence-corrected chi connectivity index (χ2v) is 3.81. The number of carbonyl (C=O) groups is 1. The molecule has 0 aliphatic rings. The van der Waals surface area contributed by atoms with Crippen LogP contribution in [0.25, 0.3) is 0 Å². The molecule has 0 bridgehead atoms. The maximum atomic E-state index is 11.4. The Labute approximate surface area is 99.6 Å². The van der Waals surface area contributed by atoms with Gasteiger partial charge >= 0.3 is 0 Å². The molecule has 0 saturated heterocycles. The van der Waals surface area contributed by atoms with Crippen LogP contribution in [0.5, 0.6) is 0 Å². The molecule has 3 nitrogen and oxygen atoms in total. The minimum absolute atomic E-state index is 0.0863. The topological polar surface area (TPSA) is 42.0 Å². The molecular formula is C9H10Br2N2O. The fourth-order valence-corrected chi connectivity index (χ4v) is 1.64. The van der Waals surface area contributed by atoms with Crippen molar-refractivity contribution < 1.29 is 4.79 Å². The highest BCUT2D eigenvalue weighted by atomic mass is 79.9. The van der Waals surface area contributed by atoms with Gasteiger partial charge in [-0.25, -0.2) is 0 Å². The van der Waals surface area contributed by atoms with Crippen LogP contribution < -0.4 is 5.32 Å². The molecule has 14 heavy (non-hydrogen) atoms. The van der Waals surface area contributed by atoms with Crippen LogP contribution in [0.1, 0.15) is 21.7 Å². The van der Waals surface area contributed by atoms with Crippen molar-refractivity contribution in [1.82, 2.24) is 10.3 Å². The van der Waals surface area contributed by atoms with Crippen molar-refractivity contribution in [2.45, 2.75) is 10.7 Å². The summed E-state index contributed by atoms with van der Waals surface area (Å²) in [5.41, 5.74) is 2.37. The first kappa shape index (κ1) is 11.7. The first-order chi connectivity index (χ1) is 6.71. The molecule has 5 heteroatoms. The highest BCUT2D eigenvalue weighted by molar-refractivity contribution is 9.08. The second kappa shape index (κ2) is 5.46. The Balaban J connectivity index is 3.10. The van der Waals surface area contributed by atoms with Gasteiger partial charge in [0.2, 0.25) is 0 Å². The number of carbonyl (C=O) groups excluding carboxylic acids is 1. The second-order valence-electron chi connectivity index (χ2n) is 2.68. The van der Waals surface area contributed by atoms with Crippen LogP contribution in [0.3, 0.4) is 0 Å². The van der Waals surface area contributed by atoms with E-state index in [2.05, 4.69) is 42.2 Å². The number of rotatable bonds is 3. The number of halogens is 2. The largest absolute Gasteiger partial charge is 0.355 e. The summed E-state index contributed by atoms with van der Waals surface area (Å²) in [4.78, 5) is 15.7. The SMILES string of the molecule is CNC(=O)c1cc(CBr)nc(CBr)c1. The number of nitrogens with zero attached hydrogens (tertiary/aromatic N) is 1. The lowest BCUT2D eigenvalue weighted by Gasteiger charge is -2.04. The lowest BCUT2D eigenvalue weighted by molar-refractivity contribution is 0.0963. The summed E-state index contributed by atoms with van der Waals surface area (Å²) in [7, 11) is 1.62. The molecule has 0 spiro atoms. The molecule has 1 N–H and O–H groups in total. The number of hydrogen-bond donors (Lipinski definition) is 1. The Hall–Kier alpha value is -0.420. The first-order valence-electron chi connectivity index (χ1n) is 4.05. The van der Waals surface area contributed by atoms with Crippen molar-refractivity contribution in [3.05, 3.63) is 29.1 Å². The quantitative estimate of drug-likeness (QED) is 0.867. The molecule has 0 fully saturated rings. The smallest absolute Gasteiger partial charge is 0.251 e. The number of nitrogens with one attached hydrogen (secondary N) is 1. The summed E-state index contributed by atoms with van der Waals surface area (Å²) >= 11 is 6.63. The van der Waals surface area contributed by atoms with E-state index in [4.69, 9.17) is 0 Å². The summed E-state index contributed by atoms with van der Waals surface area (Å²) < 4.78 is 0. The number of aromatic nitrogens is 1. The van der Waals surface area contributed by atoms with Gasteiger partial charge in [-0.05, 0) is 12.1 Å². The van der Waals surface area contributed by atoms with E-state index < -0.39 is 0 Å². The van der Waals surface area contributed by atoms with Crippen molar-refractivity contribution in [3.8, 4) is 0 Å². The molecule has 0 aliphatic carbocycles. The fourth-order valence-electron chi connectivity index (χ4n) is 1.06. The lowest BCUT2D eigenvalue weighted by atomic mass is 10.2. The van der Waals surface area contributed by atoms with Crippen LogP contribution in [0.15, 0.2) is 12.1 Å². The predicted molar refractivity (Wildman–Crippen MR) is 62.9 cm³/mol. The Morgan fingerprint density at radius 1 is 1.36 bits per heavy atom. The molecule has 0 aliphatic heterocycles. The van der Waals surface area contributed by atoms with Crippen molar-refractivity contribution in [2.75, 3.05) is 7.05 Å². The first-order valence-corrected chi connectivity index (χ1v) is 6.29. The Bertz CT molecular complexity index is 319. The Morgan fingerprint density at radius 3 is 2.21 bits per heavy atom. The molecule has 0 aromatic carbocycles. The van der Waals surface area contributed by atoms with Gasteiger partial charge in [0.25, 0.3) is 5.91 Å². The highest BCUT2D eigenvalue weighted by Crippen LogP contribution is 2.11. The number of pyridine rings is 1. The number of hydrogen-bond acceptors (Lipinski definition) is 2. The van der Waals surface area contributed by atoms with E-state index in [9.17, 15) is 4.79 Å². The molecule has 0 unspecified atom stereocenters. The molecule has 0 radical (unpaired) electrons. The predicted octanol–water partition coefficient (Wildman–Crippen LogP) is 2.23. The highest BCUT2D eigenvalue weighted by Gasteiger charge is 2.07. The van der Waals surface area contributed by atoms with E-state index in [1.165, 1.54) is 0 Å². The molecule has 1 heterocycles. The maximum absolute atomic E-state index is 11.4. The van der Waals surface area contributed by atoms with Crippen LogP contribution in [-0.4, -0.2) is 17.9 Å². The van der Waals surface area contributed by atoms with E-state index in [0.717, 1.165) is 11.4 Å². The van der Waals surface area contributed by atoms with Crippen molar-refractivity contribution in [2.24, 2.45) is 0 Å². The summed E-state index contributed by atoms with van der Waals surface area (Å²) in [6, 6.07) is 3.56. The molecule has 0 saturated carbocycles. The van der Waals surface area contributed by atoms with Gasteiger partial charge in [0.15, 0.2) is 0 Å². The average molecular weight is 322 g/mol. The Morgan fingerprint density at radius 2 is 1.86 bits per heavy atom. The molecule has 1 aromatic heterocycles. The van der Waals surface area contributed by atoms with Crippen LogP contribution in [0, 0.1) is 0 Å². The van der Waals surface area contributed by atoms with Gasteiger partial charge in [0.1, 0.15) is 0 Å². The molecule has 1 rings (SSSR count). The van der Waals surface area contributed by atoms with Crippen LogP contribution >= 0.6 is 31.9 Å². The van der Waals surface area contributed by atoms with Crippen molar-refractivity contribution in [1.29, 1.82) is 0 Å². The third-order valence-corrected chi connectivity index (χ3v) is 2.84. The average Bonchev–Trinajstić information content (AvgIpc) is 2.27. The number of amides is 1. The van der Waals surface area contributed by atoms with Gasteiger partial charge in [0, 0.05) is 23.3 Å². The van der Waals surface area contributed by atoms with Crippen molar-refractivity contribution >= 4 is 37.8 Å². The van der Waals surface area contributed by atoms with Gasteiger partial charge in [-0.15, -0.1) is 0 Å². The van der Waals surface area contributed by atoms with E-state index in [0.29, 0.717) is 16.2 Å². The minimum atomic E-state index is -0.0863. The van der Waals surface area contributed by atoms with Gasteiger partial charge in [-0.2, -0.15) is 0 Å². The zero-order chi connectivity index (χ0) is 10.6. The maximum Gasteiger partial charge on any atom is 0.251 e. The molecule has 1 aromatic rings. The third-order valence-electron chi connectivity index (χ3n) is 1.69. The summed E-state index contributed by atoms with van der Waals surface area (Å²) in [5, 5.41) is 3.89. The summed E-state index contributed by atoms with van der Waals surface area (Å²) in [5.74, 6) is -0.0863. The molecule has 1 amide bonds. The number of alkyl halides is 2. The molecular weight excluding hydrogens is 312 g/mol. The zero-order valence-corrected chi connectivity index (χ0v) is 10.9. The zero-order valence-electron chi connectivity index (χ0n) is 7.68.